The van der Waals surface area contributed by atoms with E-state index < -0.39 is 7.32 Å². The summed E-state index contributed by atoms with van der Waals surface area (Å²) in [7, 11) is -0.611. The van der Waals surface area contributed by atoms with E-state index in [2.05, 4.69) is 19.1 Å². The predicted molar refractivity (Wildman–Crippen MR) is 76.8 cm³/mol. The highest BCUT2D eigenvalue weighted by Gasteiger charge is 2.53. The molecular formula is C15H23BO3. The summed E-state index contributed by atoms with van der Waals surface area (Å²) in [6.07, 6.45) is -0.0594. The van der Waals surface area contributed by atoms with Gasteiger partial charge in [0.25, 0.3) is 0 Å². The molecule has 2 rings (SSSR count). The Labute approximate surface area is 116 Å². The molecule has 0 aliphatic carbocycles. The molecule has 1 aliphatic rings. The minimum absolute atomic E-state index is 0.0594. The molecule has 1 unspecified atom stereocenters. The second-order valence-electron chi connectivity index (χ2n) is 6.18. The van der Waals surface area contributed by atoms with Crippen LogP contribution in [0.15, 0.2) is 24.3 Å². The molecule has 4 heteroatoms. The fraction of sp³-hybridized carbons (Fsp3) is 0.600. The first-order valence-electron chi connectivity index (χ1n) is 6.79. The summed E-state index contributed by atoms with van der Waals surface area (Å²) < 4.78 is 17.6. The second-order valence-corrected chi connectivity index (χ2v) is 6.18. The van der Waals surface area contributed by atoms with Crippen LogP contribution < -0.4 is 0 Å². The van der Waals surface area contributed by atoms with Gasteiger partial charge in [0, 0.05) is 0 Å². The monoisotopic (exact) mass is 262 g/mol. The molecule has 3 nitrogen and oxygen atoms in total. The van der Waals surface area contributed by atoms with E-state index in [1.807, 2.05) is 46.8 Å². The summed E-state index contributed by atoms with van der Waals surface area (Å²) >= 11 is 0. The molecule has 0 N–H and O–H groups in total. The van der Waals surface area contributed by atoms with Crippen LogP contribution in [0.2, 0.25) is 0 Å². The third-order valence-electron chi connectivity index (χ3n) is 4.17. The first-order valence-corrected chi connectivity index (χ1v) is 6.79. The Morgan fingerprint density at radius 3 is 2.11 bits per heavy atom. The fourth-order valence-corrected chi connectivity index (χ4v) is 2.13. The lowest BCUT2D eigenvalue weighted by atomic mass is 9.90. The van der Waals surface area contributed by atoms with Gasteiger partial charge in [-0.15, -0.1) is 0 Å². The van der Waals surface area contributed by atoms with E-state index in [4.69, 9.17) is 14.0 Å². The summed E-state index contributed by atoms with van der Waals surface area (Å²) in [4.78, 5) is 0. The molecule has 1 aromatic rings. The molecule has 1 saturated heterocycles. The standard InChI is InChI=1S/C15H23BO3/c1-11-9-7-8-10-13(11)12(2)17-16-18-14(3,4)15(5,6)19-16/h7-10,12H,1-6H3. The minimum atomic E-state index is -0.611. The van der Waals surface area contributed by atoms with E-state index in [0.29, 0.717) is 0 Å². The van der Waals surface area contributed by atoms with Crippen LogP contribution in [0, 0.1) is 6.92 Å². The van der Waals surface area contributed by atoms with E-state index in [9.17, 15) is 0 Å². The van der Waals surface area contributed by atoms with E-state index >= 15 is 0 Å². The lowest BCUT2D eigenvalue weighted by Crippen LogP contribution is -2.41. The number of hydrogen-bond donors (Lipinski definition) is 0. The largest absolute Gasteiger partial charge is 0.640 e. The molecule has 19 heavy (non-hydrogen) atoms. The van der Waals surface area contributed by atoms with Crippen molar-refractivity contribution in [2.24, 2.45) is 0 Å². The second kappa shape index (κ2) is 4.93. The van der Waals surface area contributed by atoms with Gasteiger partial charge in [0.2, 0.25) is 0 Å². The Morgan fingerprint density at radius 2 is 1.58 bits per heavy atom. The molecule has 1 atom stereocenters. The van der Waals surface area contributed by atoms with Crippen LogP contribution in [0.1, 0.15) is 51.8 Å². The Bertz CT molecular complexity index is 440. The topological polar surface area (TPSA) is 27.7 Å². The third kappa shape index (κ3) is 2.86. The van der Waals surface area contributed by atoms with Crippen molar-refractivity contribution in [1.82, 2.24) is 0 Å². The van der Waals surface area contributed by atoms with E-state index in [-0.39, 0.29) is 17.3 Å². The zero-order valence-electron chi connectivity index (χ0n) is 12.7. The van der Waals surface area contributed by atoms with Gasteiger partial charge in [0.1, 0.15) is 0 Å². The maximum absolute atomic E-state index is 5.90. The van der Waals surface area contributed by atoms with Gasteiger partial charge in [-0.05, 0) is 52.7 Å². The summed E-state index contributed by atoms with van der Waals surface area (Å²) in [6.45, 7) is 12.2. The predicted octanol–water partition coefficient (Wildman–Crippen LogP) is 3.66. The highest BCUT2D eigenvalue weighted by molar-refractivity contribution is 6.37. The number of benzene rings is 1. The first-order chi connectivity index (χ1) is 8.73. The smallest absolute Gasteiger partial charge is 0.379 e. The molecule has 0 saturated carbocycles. The molecule has 1 aliphatic heterocycles. The van der Waals surface area contributed by atoms with Gasteiger partial charge in [0.15, 0.2) is 0 Å². The molecule has 1 fully saturated rings. The molecule has 1 heterocycles. The molecular weight excluding hydrogens is 239 g/mol. The fourth-order valence-electron chi connectivity index (χ4n) is 2.13. The summed E-state index contributed by atoms with van der Waals surface area (Å²) in [6, 6.07) is 8.21. The molecule has 0 amide bonds. The molecule has 0 spiro atoms. The average Bonchev–Trinajstić information content (AvgIpc) is 2.47. The van der Waals surface area contributed by atoms with Crippen molar-refractivity contribution in [3.8, 4) is 0 Å². The quantitative estimate of drug-likeness (QED) is 0.778. The minimum Gasteiger partial charge on any atom is -0.379 e. The summed E-state index contributed by atoms with van der Waals surface area (Å²) in [5, 5.41) is 0. The zero-order chi connectivity index (χ0) is 14.3. The number of aryl methyl sites for hydroxylation is 1. The highest BCUT2D eigenvalue weighted by atomic mass is 16.8. The molecule has 0 radical (unpaired) electrons. The Morgan fingerprint density at radius 1 is 1.05 bits per heavy atom. The molecule has 0 bridgehead atoms. The van der Waals surface area contributed by atoms with Crippen molar-refractivity contribution in [2.75, 3.05) is 0 Å². The van der Waals surface area contributed by atoms with Crippen molar-refractivity contribution in [3.05, 3.63) is 35.4 Å². The molecule has 104 valence electrons. The lowest BCUT2D eigenvalue weighted by molar-refractivity contribution is 0.00578. The van der Waals surface area contributed by atoms with Gasteiger partial charge < -0.3 is 14.0 Å². The van der Waals surface area contributed by atoms with Crippen molar-refractivity contribution in [2.45, 2.75) is 58.8 Å². The van der Waals surface area contributed by atoms with Crippen LogP contribution >= 0.6 is 0 Å². The van der Waals surface area contributed by atoms with Gasteiger partial charge in [-0.25, -0.2) is 0 Å². The van der Waals surface area contributed by atoms with Crippen LogP contribution in [0.3, 0.4) is 0 Å². The van der Waals surface area contributed by atoms with E-state index in [1.54, 1.807) is 0 Å². The van der Waals surface area contributed by atoms with Crippen molar-refractivity contribution in [3.63, 3.8) is 0 Å². The van der Waals surface area contributed by atoms with Crippen LogP contribution in [-0.2, 0) is 14.0 Å². The van der Waals surface area contributed by atoms with Gasteiger partial charge in [-0.1, -0.05) is 24.3 Å². The number of hydrogen-bond acceptors (Lipinski definition) is 3. The Balaban J connectivity index is 2.06. The van der Waals surface area contributed by atoms with Crippen molar-refractivity contribution in [1.29, 1.82) is 0 Å². The van der Waals surface area contributed by atoms with Gasteiger partial charge in [-0.2, -0.15) is 0 Å². The Hall–Kier alpha value is -0.835. The molecule has 0 aromatic heterocycles. The average molecular weight is 262 g/mol. The SMILES string of the molecule is Cc1ccccc1C(C)OB1OC(C)(C)C(C)(C)O1. The van der Waals surface area contributed by atoms with E-state index in [1.165, 1.54) is 5.56 Å². The van der Waals surface area contributed by atoms with Gasteiger partial charge in [0.05, 0.1) is 17.3 Å². The van der Waals surface area contributed by atoms with Crippen molar-refractivity contribution < 1.29 is 14.0 Å². The lowest BCUT2D eigenvalue weighted by Gasteiger charge is -2.31. The summed E-state index contributed by atoms with van der Waals surface area (Å²) in [5.74, 6) is 0. The maximum Gasteiger partial charge on any atom is 0.640 e. The van der Waals surface area contributed by atoms with E-state index in [0.717, 1.165) is 5.56 Å². The first kappa shape index (κ1) is 14.6. The maximum atomic E-state index is 5.90. The van der Waals surface area contributed by atoms with Crippen LogP contribution in [0.25, 0.3) is 0 Å². The molecule has 1 aromatic carbocycles. The van der Waals surface area contributed by atoms with Crippen LogP contribution in [-0.4, -0.2) is 18.5 Å². The van der Waals surface area contributed by atoms with Crippen LogP contribution in [0.4, 0.5) is 0 Å². The Kier molecular flexibility index (Phi) is 3.78. The van der Waals surface area contributed by atoms with Crippen LogP contribution in [0.5, 0.6) is 0 Å². The summed E-state index contributed by atoms with van der Waals surface area (Å²) in [5.41, 5.74) is 1.66. The van der Waals surface area contributed by atoms with Crippen molar-refractivity contribution >= 4 is 7.32 Å². The highest BCUT2D eigenvalue weighted by Crippen LogP contribution is 2.38. The number of rotatable bonds is 3. The normalized spacial score (nSPS) is 22.5. The van der Waals surface area contributed by atoms with Gasteiger partial charge in [-0.3, -0.25) is 0 Å². The third-order valence-corrected chi connectivity index (χ3v) is 4.17. The van der Waals surface area contributed by atoms with Gasteiger partial charge >= 0.3 is 7.32 Å². The zero-order valence-corrected chi connectivity index (χ0v) is 12.7.